The molecule has 0 radical (unpaired) electrons. The van der Waals surface area contributed by atoms with Crippen LogP contribution in [0.5, 0.6) is 5.75 Å². The SMILES string of the molecule is Cc1ccc(O)c([C@H](O)C[C@H](N)C(C)(C)C)c1.Cl. The van der Waals surface area contributed by atoms with Gasteiger partial charge in [0.25, 0.3) is 0 Å². The molecular formula is C14H24ClNO2. The number of phenols is 1. The van der Waals surface area contributed by atoms with Crippen molar-refractivity contribution in [2.75, 3.05) is 0 Å². The van der Waals surface area contributed by atoms with Crippen LogP contribution in [0.4, 0.5) is 0 Å². The van der Waals surface area contributed by atoms with E-state index in [0.717, 1.165) is 5.56 Å². The van der Waals surface area contributed by atoms with Gasteiger partial charge in [0.15, 0.2) is 0 Å². The van der Waals surface area contributed by atoms with E-state index < -0.39 is 6.10 Å². The third-order valence-corrected chi connectivity index (χ3v) is 3.13. The van der Waals surface area contributed by atoms with Crippen LogP contribution in [0.15, 0.2) is 18.2 Å². The van der Waals surface area contributed by atoms with Gasteiger partial charge in [0.1, 0.15) is 5.75 Å². The van der Waals surface area contributed by atoms with E-state index in [0.29, 0.717) is 12.0 Å². The van der Waals surface area contributed by atoms with Gasteiger partial charge in [-0.1, -0.05) is 32.4 Å². The van der Waals surface area contributed by atoms with Crippen molar-refractivity contribution in [1.82, 2.24) is 0 Å². The monoisotopic (exact) mass is 273 g/mol. The Kier molecular flexibility index (Phi) is 6.14. The number of aryl methyl sites for hydroxylation is 1. The number of benzene rings is 1. The van der Waals surface area contributed by atoms with Crippen molar-refractivity contribution in [3.63, 3.8) is 0 Å². The summed E-state index contributed by atoms with van der Waals surface area (Å²) < 4.78 is 0. The Morgan fingerprint density at radius 1 is 1.28 bits per heavy atom. The summed E-state index contributed by atoms with van der Waals surface area (Å²) in [6, 6.07) is 5.11. The van der Waals surface area contributed by atoms with Gasteiger partial charge in [0.2, 0.25) is 0 Å². The fourth-order valence-electron chi connectivity index (χ4n) is 1.66. The van der Waals surface area contributed by atoms with Crippen LogP contribution in [0.25, 0.3) is 0 Å². The van der Waals surface area contributed by atoms with E-state index in [-0.39, 0.29) is 29.6 Å². The van der Waals surface area contributed by atoms with Gasteiger partial charge in [-0.3, -0.25) is 0 Å². The molecule has 0 aliphatic heterocycles. The van der Waals surface area contributed by atoms with Crippen molar-refractivity contribution < 1.29 is 10.2 Å². The van der Waals surface area contributed by atoms with Gasteiger partial charge < -0.3 is 15.9 Å². The number of aliphatic hydroxyl groups excluding tert-OH is 1. The fourth-order valence-corrected chi connectivity index (χ4v) is 1.66. The third-order valence-electron chi connectivity index (χ3n) is 3.13. The molecular weight excluding hydrogens is 250 g/mol. The highest BCUT2D eigenvalue weighted by Gasteiger charge is 2.25. The first-order valence-electron chi connectivity index (χ1n) is 5.95. The second-order valence-corrected chi connectivity index (χ2v) is 5.79. The van der Waals surface area contributed by atoms with Gasteiger partial charge in [-0.25, -0.2) is 0 Å². The lowest BCUT2D eigenvalue weighted by molar-refractivity contribution is 0.130. The van der Waals surface area contributed by atoms with Gasteiger partial charge in [-0.2, -0.15) is 0 Å². The van der Waals surface area contributed by atoms with Crippen LogP contribution < -0.4 is 5.73 Å². The average Bonchev–Trinajstić information content (AvgIpc) is 2.20. The number of nitrogens with two attached hydrogens (primary N) is 1. The third kappa shape index (κ3) is 4.48. The number of aliphatic hydroxyl groups is 1. The molecule has 0 aliphatic carbocycles. The molecule has 0 saturated heterocycles. The lowest BCUT2D eigenvalue weighted by Gasteiger charge is -2.29. The maximum Gasteiger partial charge on any atom is 0.121 e. The Bertz CT molecular complexity index is 388. The van der Waals surface area contributed by atoms with Crippen molar-refractivity contribution in [2.45, 2.75) is 46.3 Å². The van der Waals surface area contributed by atoms with Gasteiger partial charge >= 0.3 is 0 Å². The molecule has 104 valence electrons. The van der Waals surface area contributed by atoms with Crippen LogP contribution in [0.3, 0.4) is 0 Å². The van der Waals surface area contributed by atoms with Crippen LogP contribution in [0, 0.1) is 12.3 Å². The minimum Gasteiger partial charge on any atom is -0.508 e. The molecule has 0 spiro atoms. The van der Waals surface area contributed by atoms with Crippen molar-refractivity contribution in [2.24, 2.45) is 11.1 Å². The van der Waals surface area contributed by atoms with Crippen LogP contribution >= 0.6 is 12.4 Å². The number of hydrogen-bond donors (Lipinski definition) is 3. The van der Waals surface area contributed by atoms with E-state index in [1.54, 1.807) is 12.1 Å². The minimum absolute atomic E-state index is 0. The highest BCUT2D eigenvalue weighted by atomic mass is 35.5. The number of rotatable bonds is 3. The fraction of sp³-hybridized carbons (Fsp3) is 0.571. The Hall–Kier alpha value is -0.770. The summed E-state index contributed by atoms with van der Waals surface area (Å²) in [7, 11) is 0. The molecule has 0 saturated carbocycles. The number of aromatic hydroxyl groups is 1. The summed E-state index contributed by atoms with van der Waals surface area (Å²) in [5.41, 5.74) is 7.56. The number of phenolic OH excluding ortho intramolecular Hbond substituents is 1. The number of halogens is 1. The molecule has 0 heterocycles. The van der Waals surface area contributed by atoms with E-state index in [1.807, 2.05) is 33.8 Å². The highest BCUT2D eigenvalue weighted by Crippen LogP contribution is 2.31. The van der Waals surface area contributed by atoms with Gasteiger partial charge in [-0.15, -0.1) is 12.4 Å². The van der Waals surface area contributed by atoms with E-state index in [4.69, 9.17) is 5.73 Å². The Morgan fingerprint density at radius 2 is 1.83 bits per heavy atom. The van der Waals surface area contributed by atoms with Crippen LogP contribution in [-0.4, -0.2) is 16.3 Å². The molecule has 4 heteroatoms. The van der Waals surface area contributed by atoms with Crippen molar-refractivity contribution in [3.05, 3.63) is 29.3 Å². The molecule has 1 aromatic carbocycles. The lowest BCUT2D eigenvalue weighted by Crippen LogP contribution is -2.36. The normalized spacial score (nSPS) is 14.8. The second-order valence-electron chi connectivity index (χ2n) is 5.79. The predicted octanol–water partition coefficient (Wildman–Crippen LogP) is 2.92. The Morgan fingerprint density at radius 3 is 2.33 bits per heavy atom. The summed E-state index contributed by atoms with van der Waals surface area (Å²) in [5.74, 6) is 0.129. The van der Waals surface area contributed by atoms with Crippen molar-refractivity contribution in [1.29, 1.82) is 0 Å². The molecule has 1 rings (SSSR count). The number of hydrogen-bond acceptors (Lipinski definition) is 3. The molecule has 0 unspecified atom stereocenters. The van der Waals surface area contributed by atoms with E-state index in [2.05, 4.69) is 0 Å². The minimum atomic E-state index is -0.718. The Balaban J connectivity index is 0.00000289. The maximum atomic E-state index is 10.1. The van der Waals surface area contributed by atoms with Gasteiger partial charge in [-0.05, 0) is 30.9 Å². The molecule has 0 fully saturated rings. The lowest BCUT2D eigenvalue weighted by atomic mass is 9.83. The molecule has 3 nitrogen and oxygen atoms in total. The van der Waals surface area contributed by atoms with E-state index in [9.17, 15) is 10.2 Å². The predicted molar refractivity (Wildman–Crippen MR) is 77.1 cm³/mol. The summed E-state index contributed by atoms with van der Waals surface area (Å²) in [5, 5.41) is 19.8. The van der Waals surface area contributed by atoms with Crippen molar-refractivity contribution in [3.8, 4) is 5.75 Å². The zero-order valence-electron chi connectivity index (χ0n) is 11.5. The summed E-state index contributed by atoms with van der Waals surface area (Å²) >= 11 is 0. The van der Waals surface area contributed by atoms with Gasteiger partial charge in [0.05, 0.1) is 6.10 Å². The molecule has 0 bridgehead atoms. The van der Waals surface area contributed by atoms with E-state index >= 15 is 0 Å². The maximum absolute atomic E-state index is 10.1. The Labute approximate surface area is 115 Å². The first-order chi connectivity index (χ1) is 7.71. The van der Waals surface area contributed by atoms with Gasteiger partial charge in [0, 0.05) is 11.6 Å². The zero-order chi connectivity index (χ0) is 13.2. The molecule has 0 amide bonds. The zero-order valence-corrected chi connectivity index (χ0v) is 12.3. The molecule has 2 atom stereocenters. The summed E-state index contributed by atoms with van der Waals surface area (Å²) in [4.78, 5) is 0. The summed E-state index contributed by atoms with van der Waals surface area (Å²) in [6.45, 7) is 8.06. The topological polar surface area (TPSA) is 66.5 Å². The first-order valence-corrected chi connectivity index (χ1v) is 5.95. The standard InChI is InChI=1S/C14H23NO2.ClH/c1-9-5-6-11(16)10(7-9)12(17)8-13(15)14(2,3)4;/h5-7,12-13,16-17H,8,15H2,1-4H3;1H/t12-,13+;/m1./s1. The van der Waals surface area contributed by atoms with E-state index in [1.165, 1.54) is 0 Å². The molecule has 1 aromatic rings. The van der Waals surface area contributed by atoms with Crippen LogP contribution in [-0.2, 0) is 0 Å². The van der Waals surface area contributed by atoms with Crippen LogP contribution in [0.2, 0.25) is 0 Å². The average molecular weight is 274 g/mol. The smallest absolute Gasteiger partial charge is 0.121 e. The molecule has 4 N–H and O–H groups in total. The van der Waals surface area contributed by atoms with Crippen LogP contribution in [0.1, 0.15) is 44.4 Å². The first kappa shape index (κ1) is 17.2. The largest absolute Gasteiger partial charge is 0.508 e. The second kappa shape index (κ2) is 6.41. The summed E-state index contributed by atoms with van der Waals surface area (Å²) in [6.07, 6.45) is -0.273. The van der Waals surface area contributed by atoms with Crippen molar-refractivity contribution >= 4 is 12.4 Å². The molecule has 0 aromatic heterocycles. The molecule has 18 heavy (non-hydrogen) atoms. The quantitative estimate of drug-likeness (QED) is 0.793. The highest BCUT2D eigenvalue weighted by molar-refractivity contribution is 5.85. The molecule has 0 aliphatic rings.